The Balaban J connectivity index is 2.09. The van der Waals surface area contributed by atoms with Gasteiger partial charge in [-0.25, -0.2) is 5.48 Å². The molecule has 4 N–H and O–H groups in total. The monoisotopic (exact) mass is 422 g/mol. The lowest BCUT2D eigenvalue weighted by molar-refractivity contribution is -0.274. The van der Waals surface area contributed by atoms with Gasteiger partial charge in [-0.15, -0.1) is 13.2 Å². The summed E-state index contributed by atoms with van der Waals surface area (Å²) in [7, 11) is 0. The summed E-state index contributed by atoms with van der Waals surface area (Å²) in [5.74, 6) is 3.41. The topological polar surface area (TPSA) is 108 Å². The van der Waals surface area contributed by atoms with Crippen molar-refractivity contribution < 1.29 is 37.8 Å². The first kappa shape index (κ1) is 22.7. The zero-order chi connectivity index (χ0) is 22.3. The molecule has 2 rings (SSSR count). The molecule has 158 valence electrons. The first-order chi connectivity index (χ1) is 14.1. The van der Waals surface area contributed by atoms with Crippen molar-refractivity contribution in [1.29, 1.82) is 0 Å². The Morgan fingerprint density at radius 3 is 2.27 bits per heavy atom. The standard InChI is InChI=1S/C20H17F3N2O5/c1-12(26)17(19(28)25-29)24-18(27)15-9-7-13(8-10-15)5-6-14-3-2-4-16(11-14)30-20(21,22)23/h2-4,7-12,17,26,29H,1H3,(H,24,27)(H,25,28)/t12-,17+/m1/s1. The predicted octanol–water partition coefficient (Wildman–Crippen LogP) is 1.97. The minimum Gasteiger partial charge on any atom is -0.406 e. The number of hydroxylamine groups is 1. The number of amides is 2. The maximum Gasteiger partial charge on any atom is 0.573 e. The quantitative estimate of drug-likeness (QED) is 0.335. The van der Waals surface area contributed by atoms with E-state index in [2.05, 4.69) is 21.9 Å². The molecule has 0 bridgehead atoms. The molecular formula is C20H17F3N2O5. The summed E-state index contributed by atoms with van der Waals surface area (Å²) in [5.41, 5.74) is 2.30. The van der Waals surface area contributed by atoms with Crippen LogP contribution in [0.3, 0.4) is 0 Å². The van der Waals surface area contributed by atoms with Crippen molar-refractivity contribution in [3.05, 3.63) is 65.2 Å². The van der Waals surface area contributed by atoms with Gasteiger partial charge in [-0.3, -0.25) is 14.8 Å². The number of hydrogen-bond acceptors (Lipinski definition) is 5. The maximum atomic E-state index is 12.3. The number of halogens is 3. The molecule has 0 fully saturated rings. The van der Waals surface area contributed by atoms with Crippen LogP contribution in [0, 0.1) is 11.8 Å². The van der Waals surface area contributed by atoms with E-state index >= 15 is 0 Å². The van der Waals surface area contributed by atoms with Gasteiger partial charge in [-0.05, 0) is 49.4 Å². The van der Waals surface area contributed by atoms with Crippen LogP contribution >= 0.6 is 0 Å². The average molecular weight is 422 g/mol. The number of aliphatic hydroxyl groups is 1. The molecule has 0 spiro atoms. The highest BCUT2D eigenvalue weighted by atomic mass is 19.4. The number of hydrogen-bond donors (Lipinski definition) is 4. The van der Waals surface area contributed by atoms with Crippen molar-refractivity contribution >= 4 is 11.8 Å². The minimum atomic E-state index is -4.80. The Morgan fingerprint density at radius 2 is 1.70 bits per heavy atom. The van der Waals surface area contributed by atoms with E-state index in [0.29, 0.717) is 11.1 Å². The summed E-state index contributed by atoms with van der Waals surface area (Å²) < 4.78 is 40.7. The molecule has 0 saturated carbocycles. The van der Waals surface area contributed by atoms with Gasteiger partial charge >= 0.3 is 6.36 Å². The third kappa shape index (κ3) is 6.80. The van der Waals surface area contributed by atoms with Crippen LogP contribution in [0.4, 0.5) is 13.2 Å². The van der Waals surface area contributed by atoms with Crippen LogP contribution in [-0.2, 0) is 4.79 Å². The zero-order valence-corrected chi connectivity index (χ0v) is 15.5. The van der Waals surface area contributed by atoms with Crippen molar-refractivity contribution in [2.45, 2.75) is 25.4 Å². The summed E-state index contributed by atoms with van der Waals surface area (Å²) in [5, 5.41) is 20.5. The minimum absolute atomic E-state index is 0.164. The lowest BCUT2D eigenvalue weighted by atomic mass is 10.1. The van der Waals surface area contributed by atoms with Crippen LogP contribution in [0.15, 0.2) is 48.5 Å². The van der Waals surface area contributed by atoms with Gasteiger partial charge in [0.2, 0.25) is 0 Å². The Hall–Kier alpha value is -3.55. The largest absolute Gasteiger partial charge is 0.573 e. The second-order valence-electron chi connectivity index (χ2n) is 6.07. The molecule has 0 aromatic heterocycles. The van der Waals surface area contributed by atoms with E-state index in [1.54, 1.807) is 0 Å². The van der Waals surface area contributed by atoms with Crippen molar-refractivity contribution in [2.75, 3.05) is 0 Å². The lowest BCUT2D eigenvalue weighted by Crippen LogP contribution is -2.51. The highest BCUT2D eigenvalue weighted by Gasteiger charge is 2.31. The Kier molecular flexibility index (Phi) is 7.41. The summed E-state index contributed by atoms with van der Waals surface area (Å²) in [6.07, 6.45) is -6.05. The van der Waals surface area contributed by atoms with Gasteiger partial charge in [-0.1, -0.05) is 17.9 Å². The lowest BCUT2D eigenvalue weighted by Gasteiger charge is -2.19. The first-order valence-corrected chi connectivity index (χ1v) is 8.50. The van der Waals surface area contributed by atoms with Gasteiger partial charge < -0.3 is 15.2 Å². The van der Waals surface area contributed by atoms with Gasteiger partial charge in [0.05, 0.1) is 6.10 Å². The van der Waals surface area contributed by atoms with Gasteiger partial charge in [0.15, 0.2) is 0 Å². The first-order valence-electron chi connectivity index (χ1n) is 8.50. The average Bonchev–Trinajstić information content (AvgIpc) is 2.69. The van der Waals surface area contributed by atoms with Crippen LogP contribution in [0.5, 0.6) is 5.75 Å². The molecular weight excluding hydrogens is 405 g/mol. The van der Waals surface area contributed by atoms with Crippen molar-refractivity contribution in [1.82, 2.24) is 10.8 Å². The zero-order valence-electron chi connectivity index (χ0n) is 15.5. The third-order valence-electron chi connectivity index (χ3n) is 3.73. The highest BCUT2D eigenvalue weighted by molar-refractivity contribution is 5.97. The van der Waals surface area contributed by atoms with E-state index in [4.69, 9.17) is 5.21 Å². The molecule has 0 unspecified atom stereocenters. The number of ether oxygens (including phenoxy) is 1. The number of rotatable bonds is 5. The molecule has 0 saturated heterocycles. The fourth-order valence-corrected chi connectivity index (χ4v) is 2.32. The van der Waals surface area contributed by atoms with E-state index < -0.39 is 30.3 Å². The molecule has 10 heteroatoms. The number of alkyl halides is 3. The summed E-state index contributed by atoms with van der Waals surface area (Å²) >= 11 is 0. The van der Waals surface area contributed by atoms with E-state index in [1.807, 2.05) is 0 Å². The molecule has 0 heterocycles. The Labute approximate surface area is 169 Å². The molecule has 0 aliphatic heterocycles. The molecule has 0 radical (unpaired) electrons. The summed E-state index contributed by atoms with van der Waals surface area (Å²) in [4.78, 5) is 23.7. The summed E-state index contributed by atoms with van der Waals surface area (Å²) in [6, 6.07) is 9.67. The smallest absolute Gasteiger partial charge is 0.406 e. The molecule has 2 amide bonds. The molecule has 2 aromatic carbocycles. The molecule has 0 aliphatic carbocycles. The van der Waals surface area contributed by atoms with Crippen LogP contribution in [0.2, 0.25) is 0 Å². The second-order valence-corrected chi connectivity index (χ2v) is 6.07. The highest BCUT2D eigenvalue weighted by Crippen LogP contribution is 2.23. The van der Waals surface area contributed by atoms with Gasteiger partial charge in [-0.2, -0.15) is 0 Å². The van der Waals surface area contributed by atoms with Gasteiger partial charge in [0.25, 0.3) is 11.8 Å². The SMILES string of the molecule is C[C@@H](O)[C@H](NC(=O)c1ccc(C#Cc2cccc(OC(F)(F)F)c2)cc1)C(=O)NO. The van der Waals surface area contributed by atoms with Crippen molar-refractivity contribution in [3.8, 4) is 17.6 Å². The molecule has 2 aromatic rings. The van der Waals surface area contributed by atoms with Crippen LogP contribution < -0.4 is 15.5 Å². The van der Waals surface area contributed by atoms with Crippen LogP contribution in [0.1, 0.15) is 28.4 Å². The Morgan fingerprint density at radius 1 is 1.07 bits per heavy atom. The normalized spacial score (nSPS) is 12.7. The van der Waals surface area contributed by atoms with Gasteiger partial charge in [0, 0.05) is 16.7 Å². The fourth-order valence-electron chi connectivity index (χ4n) is 2.32. The van der Waals surface area contributed by atoms with Crippen LogP contribution in [-0.4, -0.2) is 40.6 Å². The van der Waals surface area contributed by atoms with Crippen LogP contribution in [0.25, 0.3) is 0 Å². The van der Waals surface area contributed by atoms with E-state index in [0.717, 1.165) is 12.1 Å². The van der Waals surface area contributed by atoms with Gasteiger partial charge in [0.1, 0.15) is 11.8 Å². The van der Waals surface area contributed by atoms with E-state index in [1.165, 1.54) is 48.8 Å². The number of aliphatic hydroxyl groups excluding tert-OH is 1. The Bertz CT molecular complexity index is 963. The number of nitrogens with one attached hydrogen (secondary N) is 2. The predicted molar refractivity (Wildman–Crippen MR) is 98.4 cm³/mol. The number of benzene rings is 2. The number of carbonyl (C=O) groups excluding carboxylic acids is 2. The second kappa shape index (κ2) is 9.78. The van der Waals surface area contributed by atoms with Crippen molar-refractivity contribution in [2.24, 2.45) is 0 Å². The van der Waals surface area contributed by atoms with E-state index in [-0.39, 0.29) is 11.3 Å². The van der Waals surface area contributed by atoms with E-state index in [9.17, 15) is 27.9 Å². The molecule has 7 nitrogen and oxygen atoms in total. The summed E-state index contributed by atoms with van der Waals surface area (Å²) in [6.45, 7) is 1.27. The molecule has 0 aliphatic rings. The van der Waals surface area contributed by atoms with Crippen molar-refractivity contribution in [3.63, 3.8) is 0 Å². The fraction of sp³-hybridized carbons (Fsp3) is 0.200. The molecule has 30 heavy (non-hydrogen) atoms. The maximum absolute atomic E-state index is 12.3. The number of carbonyl (C=O) groups is 2. The third-order valence-corrected chi connectivity index (χ3v) is 3.73. The molecule has 2 atom stereocenters.